The summed E-state index contributed by atoms with van der Waals surface area (Å²) in [5.74, 6) is 0.855. The van der Waals surface area contributed by atoms with E-state index in [1.54, 1.807) is 8.61 Å². The van der Waals surface area contributed by atoms with Crippen molar-refractivity contribution < 1.29 is 8.42 Å². The van der Waals surface area contributed by atoms with Gasteiger partial charge in [0.15, 0.2) is 0 Å². The van der Waals surface area contributed by atoms with Crippen molar-refractivity contribution in [1.82, 2.24) is 8.61 Å². The minimum absolute atomic E-state index is 0.0440. The lowest BCUT2D eigenvalue weighted by Gasteiger charge is -2.37. The van der Waals surface area contributed by atoms with Crippen LogP contribution in [0.2, 0.25) is 0 Å². The van der Waals surface area contributed by atoms with Crippen LogP contribution in [0.5, 0.6) is 0 Å². The molecule has 3 unspecified atom stereocenters. The Balaban J connectivity index is 1.87. The fraction of sp³-hybridized carbons (Fsp3) is 0.684. The van der Waals surface area contributed by atoms with E-state index in [0.717, 1.165) is 30.5 Å². The number of hydrogen-bond donors (Lipinski definition) is 0. The van der Waals surface area contributed by atoms with Gasteiger partial charge in [-0.1, -0.05) is 26.0 Å². The highest BCUT2D eigenvalue weighted by atomic mass is 32.2. The van der Waals surface area contributed by atoms with Crippen LogP contribution in [0.1, 0.15) is 44.7 Å². The molecule has 2 aliphatic rings. The Morgan fingerprint density at radius 1 is 1.12 bits per heavy atom. The van der Waals surface area contributed by atoms with Gasteiger partial charge >= 0.3 is 0 Å². The second kappa shape index (κ2) is 7.25. The van der Waals surface area contributed by atoms with Crippen molar-refractivity contribution in [3.8, 4) is 0 Å². The summed E-state index contributed by atoms with van der Waals surface area (Å²) < 4.78 is 30.1. The molecule has 0 spiro atoms. The lowest BCUT2D eigenvalue weighted by Crippen LogP contribution is -2.49. The van der Waals surface area contributed by atoms with Gasteiger partial charge in [-0.25, -0.2) is 0 Å². The smallest absolute Gasteiger partial charge is 0.282 e. The lowest BCUT2D eigenvalue weighted by molar-refractivity contribution is 0.207. The Morgan fingerprint density at radius 2 is 1.80 bits per heavy atom. The van der Waals surface area contributed by atoms with Crippen LogP contribution >= 0.6 is 0 Å². The largest absolute Gasteiger partial charge is 0.378 e. The van der Waals surface area contributed by atoms with E-state index in [1.807, 2.05) is 20.2 Å². The van der Waals surface area contributed by atoms with Crippen LogP contribution < -0.4 is 4.90 Å². The van der Waals surface area contributed by atoms with Crippen molar-refractivity contribution >= 4 is 15.9 Å². The third-order valence-corrected chi connectivity index (χ3v) is 7.41. The summed E-state index contributed by atoms with van der Waals surface area (Å²) in [5, 5.41) is 0. The Labute approximate surface area is 152 Å². The van der Waals surface area contributed by atoms with E-state index in [0.29, 0.717) is 31.5 Å². The van der Waals surface area contributed by atoms with Crippen LogP contribution in [0.15, 0.2) is 24.3 Å². The quantitative estimate of drug-likeness (QED) is 0.823. The summed E-state index contributed by atoms with van der Waals surface area (Å²) in [6.07, 6.45) is 2.93. The third-order valence-electron chi connectivity index (χ3n) is 5.43. The summed E-state index contributed by atoms with van der Waals surface area (Å²) in [6.45, 7) is 6.22. The standard InChI is InChI=1S/C19H31N3O2S/c1-15-11-16(2)14-21(13-15)25(23,24)22-10-6-9-19(22)17-7-5-8-18(12-17)20(3)4/h5,7-8,12,15-16,19H,6,9-11,13-14H2,1-4H3. The first-order valence-electron chi connectivity index (χ1n) is 9.33. The Hall–Kier alpha value is -1.11. The molecule has 25 heavy (non-hydrogen) atoms. The van der Waals surface area contributed by atoms with Crippen molar-refractivity contribution in [2.45, 2.75) is 39.2 Å². The second-order valence-corrected chi connectivity index (χ2v) is 9.91. The number of benzene rings is 1. The Morgan fingerprint density at radius 3 is 2.44 bits per heavy atom. The van der Waals surface area contributed by atoms with Gasteiger partial charge in [-0.05, 0) is 48.8 Å². The van der Waals surface area contributed by atoms with Crippen LogP contribution in [-0.2, 0) is 10.2 Å². The summed E-state index contributed by atoms with van der Waals surface area (Å²) in [7, 11) is 0.620. The molecule has 0 amide bonds. The van der Waals surface area contributed by atoms with Crippen molar-refractivity contribution in [3.05, 3.63) is 29.8 Å². The van der Waals surface area contributed by atoms with Crippen molar-refractivity contribution in [1.29, 1.82) is 0 Å². The Bertz CT molecular complexity index is 694. The summed E-state index contributed by atoms with van der Waals surface area (Å²) in [4.78, 5) is 2.06. The molecule has 0 aromatic heterocycles. The molecule has 1 aromatic rings. The van der Waals surface area contributed by atoms with Gasteiger partial charge < -0.3 is 4.90 Å². The van der Waals surface area contributed by atoms with E-state index in [9.17, 15) is 8.42 Å². The highest BCUT2D eigenvalue weighted by molar-refractivity contribution is 7.86. The molecule has 0 radical (unpaired) electrons. The SMILES string of the molecule is CC1CC(C)CN(S(=O)(=O)N2CCCC2c2cccc(N(C)C)c2)C1. The molecule has 0 bridgehead atoms. The molecule has 3 atom stereocenters. The topological polar surface area (TPSA) is 43.9 Å². The summed E-state index contributed by atoms with van der Waals surface area (Å²) in [6, 6.07) is 8.23. The number of rotatable bonds is 4. The van der Waals surface area contributed by atoms with E-state index < -0.39 is 10.2 Å². The first-order valence-corrected chi connectivity index (χ1v) is 10.7. The minimum Gasteiger partial charge on any atom is -0.378 e. The molecule has 0 aliphatic carbocycles. The molecule has 5 nitrogen and oxygen atoms in total. The fourth-order valence-corrected chi connectivity index (χ4v) is 6.39. The molecule has 2 saturated heterocycles. The molecule has 1 aromatic carbocycles. The van der Waals surface area contributed by atoms with Crippen molar-refractivity contribution in [2.75, 3.05) is 38.6 Å². The van der Waals surface area contributed by atoms with E-state index in [4.69, 9.17) is 0 Å². The predicted octanol–water partition coefficient (Wildman–Crippen LogP) is 3.11. The molecule has 140 valence electrons. The molecular formula is C19H31N3O2S. The van der Waals surface area contributed by atoms with Gasteiger partial charge in [-0.3, -0.25) is 0 Å². The molecule has 2 heterocycles. The predicted molar refractivity (Wildman–Crippen MR) is 103 cm³/mol. The lowest BCUT2D eigenvalue weighted by atomic mass is 9.94. The second-order valence-electron chi connectivity index (χ2n) is 8.03. The van der Waals surface area contributed by atoms with Crippen molar-refractivity contribution in [3.63, 3.8) is 0 Å². The molecule has 0 N–H and O–H groups in total. The van der Waals surface area contributed by atoms with Crippen LogP contribution in [0.3, 0.4) is 0 Å². The van der Waals surface area contributed by atoms with Crippen molar-refractivity contribution in [2.24, 2.45) is 11.8 Å². The minimum atomic E-state index is -3.40. The molecule has 3 rings (SSSR count). The van der Waals surface area contributed by atoms with Gasteiger partial charge in [0.25, 0.3) is 10.2 Å². The van der Waals surface area contributed by atoms with Gasteiger partial charge in [0, 0.05) is 39.4 Å². The number of nitrogens with zero attached hydrogens (tertiary/aromatic N) is 3. The van der Waals surface area contributed by atoms with Crippen LogP contribution in [-0.4, -0.2) is 50.8 Å². The maximum absolute atomic E-state index is 13.3. The van der Waals surface area contributed by atoms with E-state index in [2.05, 4.69) is 36.9 Å². The van der Waals surface area contributed by atoms with E-state index >= 15 is 0 Å². The average Bonchev–Trinajstić information content (AvgIpc) is 3.04. The zero-order valence-electron chi connectivity index (χ0n) is 15.9. The number of piperidine rings is 1. The average molecular weight is 366 g/mol. The maximum Gasteiger partial charge on any atom is 0.282 e. The van der Waals surface area contributed by atoms with Crippen LogP contribution in [0, 0.1) is 11.8 Å². The normalized spacial score (nSPS) is 29.0. The molecule has 0 saturated carbocycles. The zero-order chi connectivity index (χ0) is 18.2. The van der Waals surface area contributed by atoms with E-state index in [1.165, 1.54) is 0 Å². The highest BCUT2D eigenvalue weighted by Crippen LogP contribution is 2.37. The monoisotopic (exact) mass is 365 g/mol. The zero-order valence-corrected chi connectivity index (χ0v) is 16.7. The molecular weight excluding hydrogens is 334 g/mol. The number of hydrogen-bond acceptors (Lipinski definition) is 3. The maximum atomic E-state index is 13.3. The van der Waals surface area contributed by atoms with Gasteiger partial charge in [0.05, 0.1) is 6.04 Å². The van der Waals surface area contributed by atoms with Gasteiger partial charge in [0.2, 0.25) is 0 Å². The highest BCUT2D eigenvalue weighted by Gasteiger charge is 2.41. The molecule has 6 heteroatoms. The van der Waals surface area contributed by atoms with Crippen LogP contribution in [0.4, 0.5) is 5.69 Å². The molecule has 2 aliphatic heterocycles. The molecule has 2 fully saturated rings. The first kappa shape index (κ1) is 18.7. The van der Waals surface area contributed by atoms with E-state index in [-0.39, 0.29) is 6.04 Å². The Kier molecular flexibility index (Phi) is 5.42. The van der Waals surface area contributed by atoms with Crippen LogP contribution in [0.25, 0.3) is 0 Å². The fourth-order valence-electron chi connectivity index (χ4n) is 4.30. The summed E-state index contributed by atoms with van der Waals surface area (Å²) >= 11 is 0. The first-order chi connectivity index (χ1) is 11.8. The van der Waals surface area contributed by atoms with Gasteiger partial charge in [-0.15, -0.1) is 0 Å². The summed E-state index contributed by atoms with van der Waals surface area (Å²) in [5.41, 5.74) is 2.22. The van der Waals surface area contributed by atoms with Gasteiger partial charge in [-0.2, -0.15) is 17.0 Å². The third kappa shape index (κ3) is 3.86. The van der Waals surface area contributed by atoms with Gasteiger partial charge in [0.1, 0.15) is 0 Å². The number of anilines is 1.